The molecule has 0 fully saturated rings. The van der Waals surface area contributed by atoms with Crippen LogP contribution >= 0.6 is 0 Å². The fraction of sp³-hybridized carbons (Fsp3) is 0.167. The molecule has 1 aliphatic rings. The molecule has 0 unspecified atom stereocenters. The van der Waals surface area contributed by atoms with Gasteiger partial charge in [0.15, 0.2) is 0 Å². The van der Waals surface area contributed by atoms with Crippen molar-refractivity contribution in [3.05, 3.63) is 66.0 Å². The molecule has 0 saturated heterocycles. The Morgan fingerprint density at radius 2 is 1.85 bits per heavy atom. The van der Waals surface area contributed by atoms with E-state index in [9.17, 15) is 13.2 Å². The first-order chi connectivity index (χ1) is 13.0. The predicted molar refractivity (Wildman–Crippen MR) is 99.4 cm³/mol. The number of para-hydroxylation sites is 1. The number of rotatable bonds is 4. The maximum atomic E-state index is 12.4. The molecular weight excluding hydrogens is 366 g/mol. The molecule has 2 heterocycles. The third kappa shape index (κ3) is 3.17. The highest BCUT2D eigenvalue weighted by Gasteiger charge is 2.30. The van der Waals surface area contributed by atoms with E-state index < -0.39 is 15.9 Å². The summed E-state index contributed by atoms with van der Waals surface area (Å²) in [6.07, 6.45) is 0. The van der Waals surface area contributed by atoms with E-state index >= 15 is 0 Å². The summed E-state index contributed by atoms with van der Waals surface area (Å²) in [5.41, 5.74) is 1.46. The lowest BCUT2D eigenvalue weighted by Gasteiger charge is -2.17. The maximum absolute atomic E-state index is 12.4. The molecule has 0 saturated carbocycles. The van der Waals surface area contributed by atoms with E-state index in [0.717, 1.165) is 5.56 Å². The molecule has 8 nitrogen and oxygen atoms in total. The lowest BCUT2D eigenvalue weighted by atomic mass is 10.0. The Kier molecular flexibility index (Phi) is 4.15. The van der Waals surface area contributed by atoms with Crippen LogP contribution in [-0.4, -0.2) is 35.6 Å². The monoisotopic (exact) mass is 383 g/mol. The molecule has 0 radical (unpaired) electrons. The molecule has 0 aliphatic carbocycles. The number of nitrogens with zero attached hydrogens (tertiary/aromatic N) is 3. The van der Waals surface area contributed by atoms with Crippen molar-refractivity contribution in [3.8, 4) is 5.69 Å². The molecule has 2 aromatic carbocycles. The highest BCUT2D eigenvalue weighted by molar-refractivity contribution is 7.92. The summed E-state index contributed by atoms with van der Waals surface area (Å²) in [6.45, 7) is 2.42. The number of nitrogens with one attached hydrogen (secondary N) is 2. The second kappa shape index (κ2) is 6.51. The van der Waals surface area contributed by atoms with Gasteiger partial charge in [-0.15, -0.1) is 5.10 Å². The van der Waals surface area contributed by atoms with Gasteiger partial charge in [0.05, 0.1) is 5.69 Å². The van der Waals surface area contributed by atoms with Crippen molar-refractivity contribution in [1.29, 1.82) is 0 Å². The van der Waals surface area contributed by atoms with Crippen molar-refractivity contribution < 1.29 is 13.2 Å². The normalized spacial score (nSPS) is 15.1. The van der Waals surface area contributed by atoms with Crippen LogP contribution in [-0.2, 0) is 10.0 Å². The van der Waals surface area contributed by atoms with Gasteiger partial charge in [0, 0.05) is 6.54 Å². The van der Waals surface area contributed by atoms with E-state index in [0.29, 0.717) is 12.2 Å². The van der Waals surface area contributed by atoms with Gasteiger partial charge in [-0.25, -0.2) is 13.1 Å². The summed E-state index contributed by atoms with van der Waals surface area (Å²) in [6, 6.07) is 16.2. The van der Waals surface area contributed by atoms with Gasteiger partial charge in [-0.3, -0.25) is 4.79 Å². The maximum Gasteiger partial charge on any atom is 0.291 e. The van der Waals surface area contributed by atoms with Crippen LogP contribution in [0, 0.1) is 0 Å². The molecule has 0 spiro atoms. The number of hydrogen-bond acceptors (Lipinski definition) is 5. The van der Waals surface area contributed by atoms with Gasteiger partial charge in [0.1, 0.15) is 4.90 Å². The number of fused-ring (bicyclic) bond motifs is 3. The van der Waals surface area contributed by atoms with Crippen molar-refractivity contribution in [3.63, 3.8) is 0 Å². The molecule has 138 valence electrons. The van der Waals surface area contributed by atoms with Crippen LogP contribution < -0.4 is 10.0 Å². The Morgan fingerprint density at radius 3 is 2.63 bits per heavy atom. The van der Waals surface area contributed by atoms with Crippen LogP contribution in [0.15, 0.2) is 59.5 Å². The molecule has 1 aliphatic heterocycles. The first kappa shape index (κ1) is 17.2. The molecule has 27 heavy (non-hydrogen) atoms. The molecule has 1 aromatic heterocycles. The highest BCUT2D eigenvalue weighted by atomic mass is 32.2. The third-order valence-corrected chi connectivity index (χ3v) is 5.73. The molecule has 4 rings (SSSR count). The van der Waals surface area contributed by atoms with E-state index in [1.807, 2.05) is 37.3 Å². The third-order valence-electron chi connectivity index (χ3n) is 4.36. The van der Waals surface area contributed by atoms with Crippen LogP contribution in [0.4, 0.5) is 5.95 Å². The number of hydrogen-bond donors (Lipinski definition) is 2. The van der Waals surface area contributed by atoms with Gasteiger partial charge in [-0.1, -0.05) is 49.4 Å². The summed E-state index contributed by atoms with van der Waals surface area (Å²) >= 11 is 0. The molecule has 9 heteroatoms. The number of aromatic nitrogens is 3. The summed E-state index contributed by atoms with van der Waals surface area (Å²) < 4.78 is 28.3. The van der Waals surface area contributed by atoms with Crippen molar-refractivity contribution in [1.82, 2.24) is 20.1 Å². The first-order valence-electron chi connectivity index (χ1n) is 8.38. The second-order valence-electron chi connectivity index (χ2n) is 6.27. The van der Waals surface area contributed by atoms with E-state index in [1.165, 1.54) is 10.7 Å². The van der Waals surface area contributed by atoms with Crippen molar-refractivity contribution >= 4 is 21.9 Å². The highest BCUT2D eigenvalue weighted by Crippen LogP contribution is 2.29. The van der Waals surface area contributed by atoms with Gasteiger partial charge in [0.2, 0.25) is 11.8 Å². The van der Waals surface area contributed by atoms with Gasteiger partial charge < -0.3 is 5.32 Å². The molecule has 0 bridgehead atoms. The minimum Gasteiger partial charge on any atom is -0.349 e. The van der Waals surface area contributed by atoms with Crippen LogP contribution in [0.5, 0.6) is 0 Å². The van der Waals surface area contributed by atoms with Crippen LogP contribution in [0.3, 0.4) is 0 Å². The molecule has 2 N–H and O–H groups in total. The molecule has 1 atom stereocenters. The quantitative estimate of drug-likeness (QED) is 0.716. The van der Waals surface area contributed by atoms with E-state index in [4.69, 9.17) is 0 Å². The number of benzene rings is 2. The molecule has 1 amide bonds. The average Bonchev–Trinajstić information content (AvgIpc) is 3.10. The van der Waals surface area contributed by atoms with E-state index in [1.54, 1.807) is 18.2 Å². The Labute approximate surface area is 156 Å². The zero-order chi connectivity index (χ0) is 19.0. The smallest absolute Gasteiger partial charge is 0.291 e. The summed E-state index contributed by atoms with van der Waals surface area (Å²) in [5, 5.41) is 6.97. The Bertz CT molecular complexity index is 1110. The molecule has 3 aromatic rings. The lowest BCUT2D eigenvalue weighted by Crippen LogP contribution is -2.28. The summed E-state index contributed by atoms with van der Waals surface area (Å²) in [5.74, 6) is -0.442. The molecular formula is C18H17N5O3S. The van der Waals surface area contributed by atoms with Crippen molar-refractivity contribution in [2.24, 2.45) is 0 Å². The van der Waals surface area contributed by atoms with E-state index in [-0.39, 0.29) is 22.6 Å². The van der Waals surface area contributed by atoms with Gasteiger partial charge in [-0.05, 0) is 23.6 Å². The van der Waals surface area contributed by atoms with Crippen LogP contribution in [0.25, 0.3) is 5.69 Å². The lowest BCUT2D eigenvalue weighted by molar-refractivity contribution is 0.0941. The Morgan fingerprint density at radius 1 is 1.15 bits per heavy atom. The number of carbonyl (C=O) groups is 1. The number of carbonyl (C=O) groups excluding carboxylic acids is 1. The predicted octanol–water partition coefficient (Wildman–Crippen LogP) is 1.92. The second-order valence-corrected chi connectivity index (χ2v) is 7.92. The van der Waals surface area contributed by atoms with Crippen molar-refractivity contribution in [2.45, 2.75) is 17.7 Å². The Hall–Kier alpha value is -3.20. The Balaban J connectivity index is 1.56. The topological polar surface area (TPSA) is 106 Å². The standard InChI is InChI=1S/C18H17N5O3S/c1-12(13-7-3-2-4-8-13)11-19-17(24)16-20-18-22-27(25,26)15-10-6-5-9-14(15)23(18)21-16/h2-10,12H,11H2,1H3,(H,19,24)(H,20,21,22)/t12-/m1/s1. The van der Waals surface area contributed by atoms with Gasteiger partial charge in [-0.2, -0.15) is 9.67 Å². The van der Waals surface area contributed by atoms with Crippen LogP contribution in [0.1, 0.15) is 29.0 Å². The SMILES string of the molecule is C[C@H](CNC(=O)c1nc2n(n1)-c1ccccc1S(=O)(=O)N2)c1ccccc1. The zero-order valence-electron chi connectivity index (χ0n) is 14.5. The number of anilines is 1. The van der Waals surface area contributed by atoms with Crippen LogP contribution in [0.2, 0.25) is 0 Å². The van der Waals surface area contributed by atoms with Crippen molar-refractivity contribution in [2.75, 3.05) is 11.3 Å². The summed E-state index contributed by atoms with van der Waals surface area (Å²) in [7, 11) is -3.73. The fourth-order valence-electron chi connectivity index (χ4n) is 2.90. The van der Waals surface area contributed by atoms with E-state index in [2.05, 4.69) is 20.1 Å². The number of sulfonamides is 1. The minimum absolute atomic E-state index is 0.00467. The zero-order valence-corrected chi connectivity index (χ0v) is 15.3. The van der Waals surface area contributed by atoms with Gasteiger partial charge >= 0.3 is 0 Å². The van der Waals surface area contributed by atoms with Gasteiger partial charge in [0.25, 0.3) is 15.9 Å². The largest absolute Gasteiger partial charge is 0.349 e. The fourth-order valence-corrected chi connectivity index (χ4v) is 4.07. The average molecular weight is 383 g/mol. The minimum atomic E-state index is -3.73. The summed E-state index contributed by atoms with van der Waals surface area (Å²) in [4.78, 5) is 16.6. The number of amides is 1. The first-order valence-corrected chi connectivity index (χ1v) is 9.86.